The van der Waals surface area contributed by atoms with Crippen LogP contribution in [-0.2, 0) is 4.74 Å². The van der Waals surface area contributed by atoms with Gasteiger partial charge in [0.2, 0.25) is 0 Å². The van der Waals surface area contributed by atoms with Crippen molar-refractivity contribution >= 4 is 6.29 Å². The van der Waals surface area contributed by atoms with E-state index in [0.29, 0.717) is 12.2 Å². The Morgan fingerprint density at radius 3 is 2.84 bits per heavy atom. The number of benzene rings is 2. The minimum absolute atomic E-state index is 0.242. The van der Waals surface area contributed by atoms with Crippen molar-refractivity contribution in [1.82, 2.24) is 0 Å². The highest BCUT2D eigenvalue weighted by molar-refractivity contribution is 5.87. The molecule has 3 nitrogen and oxygen atoms in total. The Kier molecular flexibility index (Phi) is 3.29. The molecule has 1 atom stereocenters. The van der Waals surface area contributed by atoms with E-state index in [1.165, 1.54) is 0 Å². The maximum absolute atomic E-state index is 11.1. The Morgan fingerprint density at radius 2 is 2.05 bits per heavy atom. The molecule has 96 valence electrons. The highest BCUT2D eigenvalue weighted by Crippen LogP contribution is 2.26. The van der Waals surface area contributed by atoms with E-state index in [1.807, 2.05) is 48.5 Å². The van der Waals surface area contributed by atoms with E-state index < -0.39 is 0 Å². The summed E-state index contributed by atoms with van der Waals surface area (Å²) in [5.41, 5.74) is 2.59. The van der Waals surface area contributed by atoms with Crippen LogP contribution in [0.4, 0.5) is 0 Å². The Labute approximate surface area is 111 Å². The van der Waals surface area contributed by atoms with Crippen LogP contribution in [0.5, 0.6) is 5.75 Å². The predicted octanol–water partition coefficient (Wildman–Crippen LogP) is 2.94. The second-order valence-electron chi connectivity index (χ2n) is 4.50. The van der Waals surface area contributed by atoms with Crippen LogP contribution in [0.1, 0.15) is 10.4 Å². The summed E-state index contributed by atoms with van der Waals surface area (Å²) in [6, 6.07) is 15.3. The number of epoxide rings is 1. The molecular weight excluding hydrogens is 240 g/mol. The molecule has 0 N–H and O–H groups in total. The fraction of sp³-hybridized carbons (Fsp3) is 0.188. The lowest BCUT2D eigenvalue weighted by Gasteiger charge is -2.08. The SMILES string of the molecule is O=Cc1ccccc1-c1cccc(OCC2CO2)c1. The molecule has 2 aromatic rings. The van der Waals surface area contributed by atoms with Gasteiger partial charge in [0.25, 0.3) is 0 Å². The van der Waals surface area contributed by atoms with Gasteiger partial charge in [0.1, 0.15) is 18.5 Å². The minimum atomic E-state index is 0.242. The molecular formula is C16H14O3. The number of rotatable bonds is 5. The van der Waals surface area contributed by atoms with Crippen molar-refractivity contribution in [3.05, 3.63) is 54.1 Å². The average molecular weight is 254 g/mol. The Bertz CT molecular complexity index is 588. The first-order valence-electron chi connectivity index (χ1n) is 6.26. The Morgan fingerprint density at radius 1 is 1.21 bits per heavy atom. The number of aldehydes is 1. The molecule has 0 amide bonds. The van der Waals surface area contributed by atoms with Crippen molar-refractivity contribution in [2.75, 3.05) is 13.2 Å². The molecule has 0 radical (unpaired) electrons. The van der Waals surface area contributed by atoms with Crippen LogP contribution < -0.4 is 4.74 Å². The zero-order valence-corrected chi connectivity index (χ0v) is 10.4. The molecule has 1 aliphatic heterocycles. The van der Waals surface area contributed by atoms with Gasteiger partial charge >= 0.3 is 0 Å². The minimum Gasteiger partial charge on any atom is -0.491 e. The van der Waals surface area contributed by atoms with Crippen LogP contribution in [0.3, 0.4) is 0 Å². The van der Waals surface area contributed by atoms with Crippen molar-refractivity contribution < 1.29 is 14.3 Å². The first kappa shape index (κ1) is 11.9. The highest BCUT2D eigenvalue weighted by Gasteiger charge is 2.23. The summed E-state index contributed by atoms with van der Waals surface area (Å²) in [7, 11) is 0. The number of ether oxygens (including phenoxy) is 2. The smallest absolute Gasteiger partial charge is 0.150 e. The molecule has 1 aliphatic rings. The van der Waals surface area contributed by atoms with Gasteiger partial charge in [-0.3, -0.25) is 4.79 Å². The standard InChI is InChI=1S/C16H14O3/c17-9-13-4-1-2-7-16(13)12-5-3-6-14(8-12)18-10-15-11-19-15/h1-9,15H,10-11H2. The molecule has 1 heterocycles. The van der Waals surface area contributed by atoms with E-state index in [-0.39, 0.29) is 6.10 Å². The summed E-state index contributed by atoms with van der Waals surface area (Å²) in [4.78, 5) is 11.1. The lowest BCUT2D eigenvalue weighted by molar-refractivity contribution is 0.112. The van der Waals surface area contributed by atoms with Crippen molar-refractivity contribution in [2.24, 2.45) is 0 Å². The third kappa shape index (κ3) is 2.83. The predicted molar refractivity (Wildman–Crippen MR) is 72.5 cm³/mol. The molecule has 1 unspecified atom stereocenters. The van der Waals surface area contributed by atoms with Gasteiger partial charge in [-0.15, -0.1) is 0 Å². The van der Waals surface area contributed by atoms with Gasteiger partial charge < -0.3 is 9.47 Å². The maximum atomic E-state index is 11.1. The zero-order chi connectivity index (χ0) is 13.1. The lowest BCUT2D eigenvalue weighted by atomic mass is 10.0. The van der Waals surface area contributed by atoms with E-state index in [4.69, 9.17) is 9.47 Å². The molecule has 3 heteroatoms. The summed E-state index contributed by atoms with van der Waals surface area (Å²) in [5.74, 6) is 0.800. The van der Waals surface area contributed by atoms with Crippen molar-refractivity contribution in [3.63, 3.8) is 0 Å². The van der Waals surface area contributed by atoms with Gasteiger partial charge in [-0.1, -0.05) is 36.4 Å². The van der Waals surface area contributed by atoms with Crippen LogP contribution in [0.15, 0.2) is 48.5 Å². The number of carbonyl (C=O) groups excluding carboxylic acids is 1. The third-order valence-corrected chi connectivity index (χ3v) is 3.07. The van der Waals surface area contributed by atoms with Crippen molar-refractivity contribution in [1.29, 1.82) is 0 Å². The fourth-order valence-electron chi connectivity index (χ4n) is 1.97. The van der Waals surface area contributed by atoms with Gasteiger partial charge in [0.15, 0.2) is 6.29 Å². The Balaban J connectivity index is 1.86. The monoisotopic (exact) mass is 254 g/mol. The molecule has 2 aromatic carbocycles. The van der Waals surface area contributed by atoms with E-state index in [0.717, 1.165) is 29.8 Å². The van der Waals surface area contributed by atoms with E-state index in [2.05, 4.69) is 0 Å². The first-order valence-corrected chi connectivity index (χ1v) is 6.26. The number of carbonyl (C=O) groups is 1. The molecule has 1 fully saturated rings. The van der Waals surface area contributed by atoms with Gasteiger partial charge in [-0.05, 0) is 23.3 Å². The second kappa shape index (κ2) is 5.24. The first-order chi connectivity index (χ1) is 9.36. The highest BCUT2D eigenvalue weighted by atomic mass is 16.6. The molecule has 0 aromatic heterocycles. The van der Waals surface area contributed by atoms with Crippen LogP contribution in [0.2, 0.25) is 0 Å². The summed E-state index contributed by atoms with van der Waals surface area (Å²) < 4.78 is 10.8. The van der Waals surface area contributed by atoms with Crippen molar-refractivity contribution in [2.45, 2.75) is 6.10 Å². The average Bonchev–Trinajstić information content (AvgIpc) is 3.29. The van der Waals surface area contributed by atoms with Crippen LogP contribution >= 0.6 is 0 Å². The van der Waals surface area contributed by atoms with E-state index in [1.54, 1.807) is 0 Å². The quantitative estimate of drug-likeness (QED) is 0.608. The van der Waals surface area contributed by atoms with Crippen LogP contribution in [0, 0.1) is 0 Å². The Hall–Kier alpha value is -2.13. The lowest BCUT2D eigenvalue weighted by Crippen LogP contribution is -2.03. The van der Waals surface area contributed by atoms with Crippen LogP contribution in [0.25, 0.3) is 11.1 Å². The fourth-order valence-corrected chi connectivity index (χ4v) is 1.97. The number of hydrogen-bond acceptors (Lipinski definition) is 3. The number of hydrogen-bond donors (Lipinski definition) is 0. The molecule has 0 spiro atoms. The molecule has 0 aliphatic carbocycles. The maximum Gasteiger partial charge on any atom is 0.150 e. The normalized spacial score (nSPS) is 16.9. The zero-order valence-electron chi connectivity index (χ0n) is 10.4. The van der Waals surface area contributed by atoms with Crippen LogP contribution in [-0.4, -0.2) is 25.6 Å². The molecule has 0 bridgehead atoms. The van der Waals surface area contributed by atoms with E-state index >= 15 is 0 Å². The summed E-state index contributed by atoms with van der Waals surface area (Å²) in [6.07, 6.45) is 1.12. The van der Waals surface area contributed by atoms with E-state index in [9.17, 15) is 4.79 Å². The molecule has 3 rings (SSSR count). The summed E-state index contributed by atoms with van der Waals surface area (Å²) >= 11 is 0. The van der Waals surface area contributed by atoms with Crippen molar-refractivity contribution in [3.8, 4) is 16.9 Å². The summed E-state index contributed by atoms with van der Waals surface area (Å²) in [5, 5.41) is 0. The van der Waals surface area contributed by atoms with Gasteiger partial charge in [-0.2, -0.15) is 0 Å². The molecule has 1 saturated heterocycles. The molecule has 19 heavy (non-hydrogen) atoms. The summed E-state index contributed by atoms with van der Waals surface area (Å²) in [6.45, 7) is 1.37. The van der Waals surface area contributed by atoms with Gasteiger partial charge in [-0.25, -0.2) is 0 Å². The molecule has 0 saturated carbocycles. The second-order valence-corrected chi connectivity index (χ2v) is 4.50. The largest absolute Gasteiger partial charge is 0.491 e. The van der Waals surface area contributed by atoms with Gasteiger partial charge in [0, 0.05) is 5.56 Å². The van der Waals surface area contributed by atoms with Gasteiger partial charge in [0.05, 0.1) is 6.61 Å². The third-order valence-electron chi connectivity index (χ3n) is 3.07. The topological polar surface area (TPSA) is 38.8 Å².